The summed E-state index contributed by atoms with van der Waals surface area (Å²) in [7, 11) is 0. The summed E-state index contributed by atoms with van der Waals surface area (Å²) < 4.78 is 16.8. The average Bonchev–Trinajstić information content (AvgIpc) is 3.24. The molecule has 0 heterocycles. The molecule has 0 N–H and O–H groups in total. The van der Waals surface area contributed by atoms with Crippen LogP contribution in [0.15, 0.2) is 0 Å². The van der Waals surface area contributed by atoms with Gasteiger partial charge < -0.3 is 14.2 Å². The molecule has 362 valence electrons. The van der Waals surface area contributed by atoms with E-state index in [1.165, 1.54) is 193 Å². The highest BCUT2D eigenvalue weighted by Crippen LogP contribution is 2.18. The lowest BCUT2D eigenvalue weighted by molar-refractivity contribution is -0.167. The molecular formula is C55H106O6. The molecule has 0 spiro atoms. The molecule has 0 aliphatic heterocycles. The maximum atomic E-state index is 12.8. The number of esters is 3. The lowest BCUT2D eigenvalue weighted by atomic mass is 9.99. The van der Waals surface area contributed by atoms with Crippen LogP contribution >= 0.6 is 0 Å². The lowest BCUT2D eigenvalue weighted by Crippen LogP contribution is -2.30. The van der Waals surface area contributed by atoms with Crippen LogP contribution in [0.3, 0.4) is 0 Å². The summed E-state index contributed by atoms with van der Waals surface area (Å²) in [6.45, 7) is 11.4. The van der Waals surface area contributed by atoms with Gasteiger partial charge in [0.1, 0.15) is 13.2 Å². The third kappa shape index (κ3) is 47.7. The van der Waals surface area contributed by atoms with Crippen molar-refractivity contribution >= 4 is 17.9 Å². The first-order valence-corrected chi connectivity index (χ1v) is 27.3. The third-order valence-corrected chi connectivity index (χ3v) is 12.8. The minimum atomic E-state index is -0.760. The van der Waals surface area contributed by atoms with Crippen LogP contribution in [0.5, 0.6) is 0 Å². The number of ether oxygens (including phenoxy) is 3. The molecule has 0 saturated carbocycles. The van der Waals surface area contributed by atoms with Gasteiger partial charge in [-0.3, -0.25) is 14.4 Å². The van der Waals surface area contributed by atoms with Crippen LogP contribution in [0, 0.1) is 11.8 Å². The van der Waals surface area contributed by atoms with E-state index < -0.39 is 6.10 Å². The Kier molecular flexibility index (Phi) is 46.6. The molecule has 0 bridgehead atoms. The topological polar surface area (TPSA) is 78.9 Å². The van der Waals surface area contributed by atoms with E-state index in [0.29, 0.717) is 19.3 Å². The second kappa shape index (κ2) is 47.9. The maximum absolute atomic E-state index is 12.8. The molecule has 0 aromatic heterocycles. The Bertz CT molecular complexity index is 933. The highest BCUT2D eigenvalue weighted by atomic mass is 16.6. The summed E-state index contributed by atoms with van der Waals surface area (Å²) in [4.78, 5) is 37.8. The zero-order valence-corrected chi connectivity index (χ0v) is 41.8. The van der Waals surface area contributed by atoms with E-state index in [1.54, 1.807) is 0 Å². The predicted octanol–water partition coefficient (Wildman–Crippen LogP) is 17.7. The van der Waals surface area contributed by atoms with Crippen molar-refractivity contribution in [3.05, 3.63) is 0 Å². The largest absolute Gasteiger partial charge is 0.462 e. The van der Waals surface area contributed by atoms with E-state index in [-0.39, 0.29) is 31.1 Å². The van der Waals surface area contributed by atoms with Gasteiger partial charge in [-0.1, -0.05) is 266 Å². The van der Waals surface area contributed by atoms with Crippen LogP contribution in [0.2, 0.25) is 0 Å². The zero-order valence-electron chi connectivity index (χ0n) is 41.8. The van der Waals surface area contributed by atoms with Crippen molar-refractivity contribution in [2.45, 2.75) is 310 Å². The van der Waals surface area contributed by atoms with Crippen molar-refractivity contribution in [2.75, 3.05) is 13.2 Å². The molecule has 2 atom stereocenters. The van der Waals surface area contributed by atoms with E-state index >= 15 is 0 Å². The molecule has 61 heavy (non-hydrogen) atoms. The fraction of sp³-hybridized carbons (Fsp3) is 0.945. The maximum Gasteiger partial charge on any atom is 0.306 e. The minimum absolute atomic E-state index is 0.0639. The normalized spacial score (nSPS) is 12.5. The monoisotopic (exact) mass is 863 g/mol. The van der Waals surface area contributed by atoms with Crippen molar-refractivity contribution < 1.29 is 28.6 Å². The number of unbranched alkanes of at least 4 members (excludes halogenated alkanes) is 33. The Hall–Kier alpha value is -1.59. The van der Waals surface area contributed by atoms with E-state index in [0.717, 1.165) is 69.6 Å². The van der Waals surface area contributed by atoms with Crippen molar-refractivity contribution in [2.24, 2.45) is 11.8 Å². The second-order valence-corrected chi connectivity index (χ2v) is 19.6. The van der Waals surface area contributed by atoms with Gasteiger partial charge in [-0.25, -0.2) is 0 Å². The first-order chi connectivity index (χ1) is 29.8. The van der Waals surface area contributed by atoms with Crippen molar-refractivity contribution in [3.8, 4) is 0 Å². The summed E-state index contributed by atoms with van der Waals surface area (Å²) in [5.74, 6) is 0.884. The van der Waals surface area contributed by atoms with Crippen LogP contribution in [0.4, 0.5) is 0 Å². The van der Waals surface area contributed by atoms with Crippen LogP contribution < -0.4 is 0 Å². The first-order valence-electron chi connectivity index (χ1n) is 27.3. The number of carbonyl (C=O) groups excluding carboxylic acids is 3. The van der Waals surface area contributed by atoms with E-state index in [4.69, 9.17) is 14.2 Å². The summed E-state index contributed by atoms with van der Waals surface area (Å²) in [5, 5.41) is 0. The van der Waals surface area contributed by atoms with Gasteiger partial charge in [0.05, 0.1) is 0 Å². The van der Waals surface area contributed by atoms with Gasteiger partial charge in [-0.2, -0.15) is 0 Å². The molecule has 0 aliphatic rings. The van der Waals surface area contributed by atoms with Gasteiger partial charge in [0, 0.05) is 19.3 Å². The number of rotatable bonds is 49. The molecule has 0 fully saturated rings. The van der Waals surface area contributed by atoms with Crippen molar-refractivity contribution in [1.82, 2.24) is 0 Å². The summed E-state index contributed by atoms with van der Waals surface area (Å²) in [5.41, 5.74) is 0. The fourth-order valence-corrected chi connectivity index (χ4v) is 8.31. The van der Waals surface area contributed by atoms with E-state index in [9.17, 15) is 14.4 Å². The SMILES string of the molecule is CCCCCCCCCC(=O)OC[C@H](COC(=O)CCCCCCCCCCCCCC(C)C)OC(=O)CCCCCCCCCCCCCCCCCCCCC(C)CC. The predicted molar refractivity (Wildman–Crippen MR) is 261 cm³/mol. The van der Waals surface area contributed by atoms with E-state index in [1.807, 2.05) is 0 Å². The molecule has 0 aliphatic carbocycles. The summed E-state index contributed by atoms with van der Waals surface area (Å²) >= 11 is 0. The van der Waals surface area contributed by atoms with Gasteiger partial charge in [0.15, 0.2) is 6.10 Å². The van der Waals surface area contributed by atoms with Crippen molar-refractivity contribution in [3.63, 3.8) is 0 Å². The van der Waals surface area contributed by atoms with Gasteiger partial charge in [0.25, 0.3) is 0 Å². The molecule has 0 radical (unpaired) electrons. The summed E-state index contributed by atoms with van der Waals surface area (Å²) in [6, 6.07) is 0. The molecule has 6 nitrogen and oxygen atoms in total. The van der Waals surface area contributed by atoms with Gasteiger partial charge >= 0.3 is 17.9 Å². The Morgan fingerprint density at radius 2 is 0.623 bits per heavy atom. The zero-order chi connectivity index (χ0) is 44.7. The number of carbonyl (C=O) groups is 3. The molecule has 0 aromatic carbocycles. The Labute approximate surface area is 380 Å². The van der Waals surface area contributed by atoms with Crippen LogP contribution in [-0.2, 0) is 28.6 Å². The Morgan fingerprint density at radius 1 is 0.344 bits per heavy atom. The second-order valence-electron chi connectivity index (χ2n) is 19.6. The highest BCUT2D eigenvalue weighted by molar-refractivity contribution is 5.71. The lowest BCUT2D eigenvalue weighted by Gasteiger charge is -2.18. The molecule has 0 amide bonds. The van der Waals surface area contributed by atoms with E-state index in [2.05, 4.69) is 34.6 Å². The first kappa shape index (κ1) is 59.4. The molecular weight excluding hydrogens is 757 g/mol. The molecule has 6 heteroatoms. The molecule has 1 unspecified atom stereocenters. The molecule has 0 aromatic rings. The van der Waals surface area contributed by atoms with Crippen LogP contribution in [0.1, 0.15) is 304 Å². The molecule has 0 saturated heterocycles. The highest BCUT2D eigenvalue weighted by Gasteiger charge is 2.19. The Morgan fingerprint density at radius 3 is 0.934 bits per heavy atom. The van der Waals surface area contributed by atoms with Gasteiger partial charge in [-0.15, -0.1) is 0 Å². The third-order valence-electron chi connectivity index (χ3n) is 12.8. The molecule has 0 rings (SSSR count). The Balaban J connectivity index is 4.14. The summed E-state index contributed by atoms with van der Waals surface area (Å²) in [6.07, 6.45) is 49.6. The fourth-order valence-electron chi connectivity index (χ4n) is 8.31. The average molecular weight is 863 g/mol. The van der Waals surface area contributed by atoms with Crippen molar-refractivity contribution in [1.29, 1.82) is 0 Å². The van der Waals surface area contributed by atoms with Gasteiger partial charge in [0.2, 0.25) is 0 Å². The number of hydrogen-bond donors (Lipinski definition) is 0. The minimum Gasteiger partial charge on any atom is -0.462 e. The smallest absolute Gasteiger partial charge is 0.306 e. The quantitative estimate of drug-likeness (QED) is 0.0344. The van der Waals surface area contributed by atoms with Gasteiger partial charge in [-0.05, 0) is 31.1 Å². The number of hydrogen-bond acceptors (Lipinski definition) is 6. The standard InChI is InChI=1S/C55H106O6/c1-6-8-9-10-28-35-40-45-53(56)59-48-52(49-60-54(57)46-41-36-31-26-23-19-20-24-29-33-38-43-50(3)4)61-55(58)47-42-37-32-27-22-18-16-14-12-11-13-15-17-21-25-30-34-39-44-51(5)7-2/h50-52H,6-49H2,1-5H3/t51?,52-/m1/s1. The van der Waals surface area contributed by atoms with Crippen LogP contribution in [0.25, 0.3) is 0 Å². The van der Waals surface area contributed by atoms with Crippen LogP contribution in [-0.4, -0.2) is 37.2 Å².